The Morgan fingerprint density at radius 3 is 2.60 bits per heavy atom. The summed E-state index contributed by atoms with van der Waals surface area (Å²) in [5.41, 5.74) is 2.04. The zero-order chi connectivity index (χ0) is 21.7. The van der Waals surface area contributed by atoms with Crippen molar-refractivity contribution < 1.29 is 22.7 Å². The number of rotatable bonds is 6. The van der Waals surface area contributed by atoms with Gasteiger partial charge in [0.1, 0.15) is 10.6 Å². The second kappa shape index (κ2) is 9.61. The summed E-state index contributed by atoms with van der Waals surface area (Å²) in [5, 5.41) is 3.28. The lowest BCUT2D eigenvalue weighted by molar-refractivity contribution is -0.111. The summed E-state index contributed by atoms with van der Waals surface area (Å²) in [4.78, 5) is 12.3. The normalized spacial score (nSPS) is 15.3. The minimum Gasteiger partial charge on any atom is -0.495 e. The summed E-state index contributed by atoms with van der Waals surface area (Å²) in [6.45, 7) is 3.15. The van der Waals surface area contributed by atoms with Crippen molar-refractivity contribution in [2.75, 3.05) is 38.7 Å². The molecule has 0 radical (unpaired) electrons. The van der Waals surface area contributed by atoms with Gasteiger partial charge >= 0.3 is 0 Å². The Morgan fingerprint density at radius 2 is 1.93 bits per heavy atom. The van der Waals surface area contributed by atoms with Crippen molar-refractivity contribution in [3.8, 4) is 5.75 Å². The molecule has 1 N–H and O–H groups in total. The van der Waals surface area contributed by atoms with Gasteiger partial charge in [0.2, 0.25) is 15.9 Å². The summed E-state index contributed by atoms with van der Waals surface area (Å²) < 4.78 is 37.9. The molecule has 7 nitrogen and oxygen atoms in total. The van der Waals surface area contributed by atoms with Crippen LogP contribution in [0.5, 0.6) is 5.75 Å². The molecule has 0 aliphatic carbocycles. The lowest BCUT2D eigenvalue weighted by Crippen LogP contribution is -2.40. The van der Waals surface area contributed by atoms with Crippen LogP contribution < -0.4 is 10.1 Å². The van der Waals surface area contributed by atoms with E-state index < -0.39 is 10.0 Å². The van der Waals surface area contributed by atoms with E-state index in [9.17, 15) is 13.2 Å². The number of morpholine rings is 1. The Balaban J connectivity index is 1.80. The molecule has 9 heteroatoms. The van der Waals surface area contributed by atoms with Crippen molar-refractivity contribution in [2.45, 2.75) is 11.8 Å². The molecule has 1 fully saturated rings. The Morgan fingerprint density at radius 1 is 1.20 bits per heavy atom. The molecule has 0 atom stereocenters. The Bertz CT molecular complexity index is 1060. The fraction of sp³-hybridized carbons (Fsp3) is 0.286. The van der Waals surface area contributed by atoms with Gasteiger partial charge in [-0.05, 0) is 48.4 Å². The number of anilines is 1. The van der Waals surface area contributed by atoms with Crippen LogP contribution in [-0.2, 0) is 19.6 Å². The number of aryl methyl sites for hydroxylation is 1. The first-order chi connectivity index (χ1) is 14.3. The van der Waals surface area contributed by atoms with Gasteiger partial charge in [0.25, 0.3) is 0 Å². The van der Waals surface area contributed by atoms with E-state index in [1.165, 1.54) is 23.6 Å². The number of ether oxygens (including phenoxy) is 2. The van der Waals surface area contributed by atoms with Gasteiger partial charge in [0.15, 0.2) is 0 Å². The number of nitrogens with zero attached hydrogens (tertiary/aromatic N) is 1. The number of halogens is 1. The predicted octanol–water partition coefficient (Wildman–Crippen LogP) is 3.33. The maximum absolute atomic E-state index is 13.0. The molecular formula is C21H23ClN2O5S. The van der Waals surface area contributed by atoms with Crippen LogP contribution in [-0.4, -0.2) is 52.0 Å². The first-order valence-electron chi connectivity index (χ1n) is 9.32. The molecule has 0 aromatic heterocycles. The Hall–Kier alpha value is -2.39. The second-order valence-corrected chi connectivity index (χ2v) is 9.03. The van der Waals surface area contributed by atoms with E-state index in [1.54, 1.807) is 30.3 Å². The van der Waals surface area contributed by atoms with E-state index in [-0.39, 0.29) is 29.6 Å². The lowest BCUT2D eigenvalue weighted by Gasteiger charge is -2.26. The molecule has 1 saturated heterocycles. The smallest absolute Gasteiger partial charge is 0.248 e. The molecule has 30 heavy (non-hydrogen) atoms. The van der Waals surface area contributed by atoms with Crippen molar-refractivity contribution in [1.29, 1.82) is 0 Å². The summed E-state index contributed by atoms with van der Waals surface area (Å²) >= 11 is 6.07. The summed E-state index contributed by atoms with van der Waals surface area (Å²) in [7, 11) is -2.32. The lowest BCUT2D eigenvalue weighted by atomic mass is 10.2. The Kier molecular flexibility index (Phi) is 7.14. The molecule has 160 valence electrons. The van der Waals surface area contributed by atoms with E-state index in [0.29, 0.717) is 29.5 Å². The summed E-state index contributed by atoms with van der Waals surface area (Å²) in [6.07, 6.45) is 2.88. The van der Waals surface area contributed by atoms with Crippen LogP contribution in [0.15, 0.2) is 47.4 Å². The third-order valence-corrected chi connectivity index (χ3v) is 6.97. The highest BCUT2D eigenvalue weighted by atomic mass is 35.5. The molecule has 1 aliphatic heterocycles. The first kappa shape index (κ1) is 22.3. The highest BCUT2D eigenvalue weighted by Crippen LogP contribution is 2.29. The molecule has 2 aromatic carbocycles. The van der Waals surface area contributed by atoms with Crippen LogP contribution in [0.4, 0.5) is 5.69 Å². The van der Waals surface area contributed by atoms with E-state index in [1.807, 2.05) is 13.0 Å². The van der Waals surface area contributed by atoms with E-state index >= 15 is 0 Å². The van der Waals surface area contributed by atoms with Gasteiger partial charge < -0.3 is 14.8 Å². The molecule has 1 aliphatic rings. The van der Waals surface area contributed by atoms with Gasteiger partial charge in [-0.25, -0.2) is 8.42 Å². The summed E-state index contributed by atoms with van der Waals surface area (Å²) in [5.74, 6) is -0.110. The molecule has 0 bridgehead atoms. The topological polar surface area (TPSA) is 84.9 Å². The number of hydrogen-bond donors (Lipinski definition) is 1. The number of amides is 1. The van der Waals surface area contributed by atoms with Gasteiger partial charge in [-0.3, -0.25) is 4.79 Å². The number of hydrogen-bond acceptors (Lipinski definition) is 5. The van der Waals surface area contributed by atoms with Crippen molar-refractivity contribution >= 4 is 39.3 Å². The average Bonchev–Trinajstić information content (AvgIpc) is 2.75. The number of methoxy groups -OCH3 is 1. The zero-order valence-electron chi connectivity index (χ0n) is 16.7. The number of nitrogens with one attached hydrogen (secondary N) is 1. The van der Waals surface area contributed by atoms with Crippen molar-refractivity contribution in [3.63, 3.8) is 0 Å². The van der Waals surface area contributed by atoms with E-state index in [4.69, 9.17) is 21.1 Å². The maximum Gasteiger partial charge on any atom is 0.248 e. The van der Waals surface area contributed by atoms with Crippen molar-refractivity contribution in [1.82, 2.24) is 4.31 Å². The van der Waals surface area contributed by atoms with Crippen LogP contribution in [0.2, 0.25) is 5.02 Å². The van der Waals surface area contributed by atoms with Gasteiger partial charge in [-0.1, -0.05) is 23.7 Å². The first-order valence-corrected chi connectivity index (χ1v) is 11.1. The Labute approximate surface area is 181 Å². The zero-order valence-corrected chi connectivity index (χ0v) is 18.3. The SMILES string of the molecule is COc1ccc(C=CC(=O)Nc2ccc(C)c(Cl)c2)cc1S(=O)(=O)N1CCOCC1. The van der Waals surface area contributed by atoms with Gasteiger partial charge in [-0.2, -0.15) is 4.31 Å². The largest absolute Gasteiger partial charge is 0.495 e. The molecule has 3 rings (SSSR count). The minimum absolute atomic E-state index is 0.0553. The van der Waals surface area contributed by atoms with E-state index in [2.05, 4.69) is 5.32 Å². The average molecular weight is 451 g/mol. The number of carbonyl (C=O) groups excluding carboxylic acids is 1. The molecule has 1 heterocycles. The predicted molar refractivity (Wildman–Crippen MR) is 116 cm³/mol. The number of sulfonamides is 1. The van der Waals surface area contributed by atoms with Crippen LogP contribution >= 0.6 is 11.6 Å². The standard InChI is InChI=1S/C21H23ClN2O5S/c1-15-3-6-17(14-18(15)22)23-21(25)8-5-16-4-7-19(28-2)20(13-16)30(26,27)24-9-11-29-12-10-24/h3-8,13-14H,9-12H2,1-2H3,(H,23,25). The number of carbonyl (C=O) groups is 1. The highest BCUT2D eigenvalue weighted by molar-refractivity contribution is 7.89. The van der Waals surface area contributed by atoms with Gasteiger partial charge in [-0.15, -0.1) is 0 Å². The molecule has 1 amide bonds. The van der Waals surface area contributed by atoms with Crippen LogP contribution in [0, 0.1) is 6.92 Å². The van der Waals surface area contributed by atoms with Crippen LogP contribution in [0.3, 0.4) is 0 Å². The molecule has 0 unspecified atom stereocenters. The van der Waals surface area contributed by atoms with Crippen molar-refractivity contribution in [2.24, 2.45) is 0 Å². The fourth-order valence-electron chi connectivity index (χ4n) is 2.95. The molecule has 0 spiro atoms. The molecule has 2 aromatic rings. The second-order valence-electron chi connectivity index (χ2n) is 6.71. The minimum atomic E-state index is -3.74. The monoisotopic (exact) mass is 450 g/mol. The van der Waals surface area contributed by atoms with Crippen LogP contribution in [0.1, 0.15) is 11.1 Å². The fourth-order valence-corrected chi connectivity index (χ4v) is 4.73. The van der Waals surface area contributed by atoms with E-state index in [0.717, 1.165) is 5.56 Å². The summed E-state index contributed by atoms with van der Waals surface area (Å²) in [6, 6.07) is 9.99. The quantitative estimate of drug-likeness (QED) is 0.682. The molecule has 0 saturated carbocycles. The maximum atomic E-state index is 13.0. The van der Waals surface area contributed by atoms with Gasteiger partial charge in [0.05, 0.1) is 20.3 Å². The highest BCUT2D eigenvalue weighted by Gasteiger charge is 2.29. The third kappa shape index (κ3) is 5.20. The third-order valence-electron chi connectivity index (χ3n) is 4.64. The number of benzene rings is 2. The van der Waals surface area contributed by atoms with Crippen molar-refractivity contribution in [3.05, 3.63) is 58.6 Å². The van der Waals surface area contributed by atoms with Crippen LogP contribution in [0.25, 0.3) is 6.08 Å². The van der Waals surface area contributed by atoms with Gasteiger partial charge in [0, 0.05) is 29.9 Å². The molecular weight excluding hydrogens is 428 g/mol.